The van der Waals surface area contributed by atoms with Crippen LogP contribution in [-0.2, 0) is 6.42 Å². The number of methoxy groups -OCH3 is 1. The van der Waals surface area contributed by atoms with Crippen molar-refractivity contribution >= 4 is 28.3 Å². The van der Waals surface area contributed by atoms with E-state index in [2.05, 4.69) is 0 Å². The van der Waals surface area contributed by atoms with Crippen LogP contribution in [0.3, 0.4) is 0 Å². The van der Waals surface area contributed by atoms with E-state index < -0.39 is 0 Å². The Balaban J connectivity index is 1.80. The number of nitrogens with zero attached hydrogens (tertiary/aromatic N) is 1. The van der Waals surface area contributed by atoms with Crippen molar-refractivity contribution in [2.75, 3.05) is 7.11 Å². The van der Waals surface area contributed by atoms with Crippen LogP contribution in [0.1, 0.15) is 27.0 Å². The van der Waals surface area contributed by atoms with Gasteiger partial charge in [0.15, 0.2) is 5.78 Å². The fourth-order valence-corrected chi connectivity index (χ4v) is 4.35. The van der Waals surface area contributed by atoms with Crippen LogP contribution >= 0.6 is 11.6 Å². The van der Waals surface area contributed by atoms with Crippen LogP contribution in [0.15, 0.2) is 103 Å². The summed E-state index contributed by atoms with van der Waals surface area (Å²) in [6.07, 6.45) is 0.574. The molecule has 4 heteroatoms. The van der Waals surface area contributed by atoms with E-state index in [1.54, 1.807) is 13.2 Å². The molecule has 1 heterocycles. The van der Waals surface area contributed by atoms with Crippen LogP contribution in [0.5, 0.6) is 5.75 Å². The van der Waals surface area contributed by atoms with Crippen molar-refractivity contribution in [1.82, 2.24) is 4.98 Å². The molecule has 0 amide bonds. The van der Waals surface area contributed by atoms with Gasteiger partial charge in [0.2, 0.25) is 0 Å². The summed E-state index contributed by atoms with van der Waals surface area (Å²) in [5.74, 6) is 0.556. The maximum absolute atomic E-state index is 14.1. The van der Waals surface area contributed by atoms with E-state index in [1.807, 2.05) is 97.1 Å². The highest BCUT2D eigenvalue weighted by molar-refractivity contribution is 6.30. The lowest BCUT2D eigenvalue weighted by molar-refractivity contribution is 0.103. The summed E-state index contributed by atoms with van der Waals surface area (Å²) >= 11 is 6.13. The zero-order valence-electron chi connectivity index (χ0n) is 18.7. The molecule has 0 aliphatic rings. The number of carbonyl (C=O) groups is 1. The van der Waals surface area contributed by atoms with Crippen molar-refractivity contribution < 1.29 is 9.53 Å². The third-order valence-corrected chi connectivity index (χ3v) is 6.15. The summed E-state index contributed by atoms with van der Waals surface area (Å²) in [5, 5.41) is 1.64. The molecule has 0 spiro atoms. The first kappa shape index (κ1) is 21.9. The molecule has 0 saturated heterocycles. The molecule has 0 unspecified atom stereocenters. The summed E-state index contributed by atoms with van der Waals surface area (Å²) in [4.78, 5) is 19.1. The largest absolute Gasteiger partial charge is 0.497 e. The number of ether oxygens (including phenoxy) is 1. The Kier molecular flexibility index (Phi) is 6.11. The summed E-state index contributed by atoms with van der Waals surface area (Å²) in [7, 11) is 1.60. The second-order valence-electron chi connectivity index (χ2n) is 8.06. The molecule has 5 aromatic rings. The van der Waals surface area contributed by atoms with E-state index in [0.29, 0.717) is 34.0 Å². The fraction of sp³-hybridized carbons (Fsp3) is 0.0667. The van der Waals surface area contributed by atoms with Crippen LogP contribution in [-0.4, -0.2) is 17.9 Å². The van der Waals surface area contributed by atoms with E-state index >= 15 is 0 Å². The van der Waals surface area contributed by atoms with Crippen molar-refractivity contribution in [2.24, 2.45) is 0 Å². The topological polar surface area (TPSA) is 39.2 Å². The highest BCUT2D eigenvalue weighted by Crippen LogP contribution is 2.34. The maximum Gasteiger partial charge on any atom is 0.195 e. The SMILES string of the molecule is COc1cccc(C(=O)c2c(-c3ccccc3)nc3ccccc3c2Cc2ccc(Cl)cc2)c1. The summed E-state index contributed by atoms with van der Waals surface area (Å²) in [5.41, 5.74) is 5.61. The van der Waals surface area contributed by atoms with Gasteiger partial charge >= 0.3 is 0 Å². The summed E-state index contributed by atoms with van der Waals surface area (Å²) < 4.78 is 5.38. The van der Waals surface area contributed by atoms with Gasteiger partial charge in [0, 0.05) is 21.5 Å². The molecule has 0 bridgehead atoms. The van der Waals surface area contributed by atoms with Gasteiger partial charge in [0.25, 0.3) is 0 Å². The van der Waals surface area contributed by atoms with Crippen LogP contribution in [0.2, 0.25) is 5.02 Å². The van der Waals surface area contributed by atoms with Crippen molar-refractivity contribution in [3.8, 4) is 17.0 Å². The first-order valence-corrected chi connectivity index (χ1v) is 11.4. The number of halogens is 1. The number of para-hydroxylation sites is 1. The predicted octanol–water partition coefficient (Wildman–Crippen LogP) is 7.39. The number of ketones is 1. The molecule has 0 aliphatic heterocycles. The Labute approximate surface area is 203 Å². The minimum atomic E-state index is -0.0834. The lowest BCUT2D eigenvalue weighted by Gasteiger charge is -2.17. The van der Waals surface area contributed by atoms with Crippen molar-refractivity contribution in [1.29, 1.82) is 0 Å². The van der Waals surface area contributed by atoms with Gasteiger partial charge in [-0.15, -0.1) is 0 Å². The molecular weight excluding hydrogens is 442 g/mol. The van der Waals surface area contributed by atoms with Crippen LogP contribution in [0, 0.1) is 0 Å². The van der Waals surface area contributed by atoms with E-state index in [9.17, 15) is 4.79 Å². The van der Waals surface area contributed by atoms with Gasteiger partial charge < -0.3 is 4.74 Å². The molecule has 0 saturated carbocycles. The van der Waals surface area contributed by atoms with Gasteiger partial charge in [-0.05, 0) is 47.9 Å². The second-order valence-corrected chi connectivity index (χ2v) is 8.50. The van der Waals surface area contributed by atoms with E-state index in [4.69, 9.17) is 21.3 Å². The van der Waals surface area contributed by atoms with Gasteiger partial charge in [-0.1, -0.05) is 84.4 Å². The lowest BCUT2D eigenvalue weighted by Crippen LogP contribution is -2.11. The van der Waals surface area contributed by atoms with Gasteiger partial charge in [-0.3, -0.25) is 4.79 Å². The number of hydrogen-bond acceptors (Lipinski definition) is 3. The van der Waals surface area contributed by atoms with Gasteiger partial charge in [-0.2, -0.15) is 0 Å². The number of aromatic nitrogens is 1. The normalized spacial score (nSPS) is 10.9. The Morgan fingerprint density at radius 2 is 1.59 bits per heavy atom. The number of pyridine rings is 1. The predicted molar refractivity (Wildman–Crippen MR) is 138 cm³/mol. The fourth-order valence-electron chi connectivity index (χ4n) is 4.23. The molecule has 0 aliphatic carbocycles. The number of rotatable bonds is 6. The highest BCUT2D eigenvalue weighted by Gasteiger charge is 2.23. The van der Waals surface area contributed by atoms with Crippen LogP contribution in [0.4, 0.5) is 0 Å². The Morgan fingerprint density at radius 3 is 2.35 bits per heavy atom. The molecule has 3 nitrogen and oxygen atoms in total. The highest BCUT2D eigenvalue weighted by atomic mass is 35.5. The van der Waals surface area contributed by atoms with Gasteiger partial charge in [-0.25, -0.2) is 4.98 Å². The molecular formula is C30H22ClNO2. The third-order valence-electron chi connectivity index (χ3n) is 5.90. The van der Waals surface area contributed by atoms with Crippen molar-refractivity contribution in [3.63, 3.8) is 0 Å². The Bertz CT molecular complexity index is 1480. The Hall–Kier alpha value is -3.95. The Morgan fingerprint density at radius 1 is 0.853 bits per heavy atom. The molecule has 0 N–H and O–H groups in total. The number of carbonyl (C=O) groups excluding carboxylic acids is 1. The summed E-state index contributed by atoms with van der Waals surface area (Å²) in [6, 6.07) is 32.9. The molecule has 4 aromatic carbocycles. The van der Waals surface area contributed by atoms with Gasteiger partial charge in [0.05, 0.1) is 23.9 Å². The molecule has 5 rings (SSSR count). The average Bonchev–Trinajstić information content (AvgIpc) is 2.90. The number of benzene rings is 4. The monoisotopic (exact) mass is 463 g/mol. The van der Waals surface area contributed by atoms with E-state index in [0.717, 1.165) is 27.6 Å². The molecule has 0 fully saturated rings. The molecule has 0 radical (unpaired) electrons. The van der Waals surface area contributed by atoms with Crippen molar-refractivity contribution in [2.45, 2.75) is 6.42 Å². The maximum atomic E-state index is 14.1. The van der Waals surface area contributed by atoms with E-state index in [1.165, 1.54) is 0 Å². The van der Waals surface area contributed by atoms with Crippen LogP contribution in [0.25, 0.3) is 22.2 Å². The molecule has 0 atom stereocenters. The molecule has 1 aromatic heterocycles. The number of fused-ring (bicyclic) bond motifs is 1. The minimum Gasteiger partial charge on any atom is -0.497 e. The molecule has 34 heavy (non-hydrogen) atoms. The standard InChI is InChI=1S/C30H22ClNO2/c1-34-24-11-7-10-22(19-24)30(33)28-26(18-20-14-16-23(31)17-15-20)25-12-5-6-13-27(25)32-29(28)21-8-3-2-4-9-21/h2-17,19H,18H2,1H3. The third kappa shape index (κ3) is 4.30. The smallest absolute Gasteiger partial charge is 0.195 e. The molecule has 166 valence electrons. The summed E-state index contributed by atoms with van der Waals surface area (Å²) in [6.45, 7) is 0. The van der Waals surface area contributed by atoms with E-state index in [-0.39, 0.29) is 5.78 Å². The minimum absolute atomic E-state index is 0.0834. The first-order chi connectivity index (χ1) is 16.6. The van der Waals surface area contributed by atoms with Crippen molar-refractivity contribution in [3.05, 3.63) is 130 Å². The quantitative estimate of drug-likeness (QED) is 0.246. The average molecular weight is 464 g/mol. The van der Waals surface area contributed by atoms with Gasteiger partial charge in [0.1, 0.15) is 5.75 Å². The number of hydrogen-bond donors (Lipinski definition) is 0. The zero-order chi connectivity index (χ0) is 23.5. The zero-order valence-corrected chi connectivity index (χ0v) is 19.4. The van der Waals surface area contributed by atoms with Crippen LogP contribution < -0.4 is 4.74 Å². The first-order valence-electron chi connectivity index (χ1n) is 11.0. The lowest BCUT2D eigenvalue weighted by atomic mass is 9.88. The second kappa shape index (κ2) is 9.50.